The molecule has 6 heteroatoms. The highest BCUT2D eigenvalue weighted by molar-refractivity contribution is 6.58. The van der Waals surface area contributed by atoms with Crippen molar-refractivity contribution < 1.29 is 20.3 Å². The Balaban J connectivity index is 0.000000364. The first-order valence-corrected chi connectivity index (χ1v) is 4.33. The fourth-order valence-electron chi connectivity index (χ4n) is 0.635. The molecule has 0 saturated carbocycles. The quantitative estimate of drug-likeness (QED) is 0.480. The summed E-state index contributed by atoms with van der Waals surface area (Å²) in [5, 5.41) is 33.1. The molecule has 14 heavy (non-hydrogen) atoms. The van der Waals surface area contributed by atoms with Gasteiger partial charge in [0, 0.05) is 5.02 Å². The first-order chi connectivity index (χ1) is 6.61. The average molecular weight is 218 g/mol. The lowest BCUT2D eigenvalue weighted by Gasteiger charge is -1.96. The van der Waals surface area contributed by atoms with E-state index in [0.29, 0.717) is 10.5 Å². The maximum Gasteiger partial charge on any atom is 0.488 e. The molecule has 0 heterocycles. The molecule has 1 aromatic rings. The predicted octanol–water partition coefficient (Wildman–Crippen LogP) is -1.01. The Morgan fingerprint density at radius 3 is 1.71 bits per heavy atom. The summed E-state index contributed by atoms with van der Waals surface area (Å²) in [6.07, 6.45) is 0. The first kappa shape index (κ1) is 13.4. The molecule has 1 aromatic carbocycles. The highest BCUT2D eigenvalue weighted by Gasteiger charge is 2.08. The predicted molar refractivity (Wildman–Crippen MR) is 55.4 cm³/mol. The van der Waals surface area contributed by atoms with E-state index in [-0.39, 0.29) is 13.2 Å². The van der Waals surface area contributed by atoms with E-state index in [1.807, 2.05) is 0 Å². The Morgan fingerprint density at radius 1 is 1.00 bits per heavy atom. The van der Waals surface area contributed by atoms with Gasteiger partial charge in [-0.25, -0.2) is 0 Å². The minimum absolute atomic E-state index is 0.125. The van der Waals surface area contributed by atoms with Gasteiger partial charge in [-0.1, -0.05) is 23.7 Å². The van der Waals surface area contributed by atoms with E-state index in [1.54, 1.807) is 24.3 Å². The number of benzene rings is 1. The summed E-state index contributed by atoms with van der Waals surface area (Å²) in [5.41, 5.74) is 0.449. The standard InChI is InChI=1S/C6H6BClO2.C2H6O2/c8-6-3-1-5(2-4-6)7(9)10;3-1-2-4/h1-4,9-10H;3-4H,1-2H2. The number of hydrogen-bond donors (Lipinski definition) is 4. The van der Waals surface area contributed by atoms with Gasteiger partial charge in [-0.15, -0.1) is 0 Å². The van der Waals surface area contributed by atoms with Gasteiger partial charge in [0.1, 0.15) is 0 Å². The van der Waals surface area contributed by atoms with Gasteiger partial charge in [-0.2, -0.15) is 0 Å². The zero-order valence-corrected chi connectivity index (χ0v) is 8.22. The van der Waals surface area contributed by atoms with Gasteiger partial charge < -0.3 is 20.3 Å². The molecule has 0 saturated heterocycles. The molecule has 0 unspecified atom stereocenters. The number of halogens is 1. The van der Waals surface area contributed by atoms with Crippen LogP contribution in [0.1, 0.15) is 0 Å². The molecule has 4 nitrogen and oxygen atoms in total. The van der Waals surface area contributed by atoms with Crippen molar-refractivity contribution in [2.45, 2.75) is 0 Å². The third kappa shape index (κ3) is 5.96. The van der Waals surface area contributed by atoms with E-state index in [4.69, 9.17) is 31.9 Å². The van der Waals surface area contributed by atoms with E-state index >= 15 is 0 Å². The van der Waals surface area contributed by atoms with Crippen LogP contribution in [0.4, 0.5) is 0 Å². The van der Waals surface area contributed by atoms with Crippen LogP contribution in [0.2, 0.25) is 5.02 Å². The van der Waals surface area contributed by atoms with Crippen molar-refractivity contribution in [1.82, 2.24) is 0 Å². The van der Waals surface area contributed by atoms with Crippen LogP contribution in [0.3, 0.4) is 0 Å². The van der Waals surface area contributed by atoms with Gasteiger partial charge in [0.25, 0.3) is 0 Å². The lowest BCUT2D eigenvalue weighted by molar-refractivity contribution is 0.186. The summed E-state index contributed by atoms with van der Waals surface area (Å²) in [7, 11) is -1.41. The largest absolute Gasteiger partial charge is 0.488 e. The SMILES string of the molecule is OB(O)c1ccc(Cl)cc1.OCCO. The minimum Gasteiger partial charge on any atom is -0.423 e. The monoisotopic (exact) mass is 218 g/mol. The van der Waals surface area contributed by atoms with Crippen LogP contribution in [-0.4, -0.2) is 40.6 Å². The molecule has 78 valence electrons. The highest BCUT2D eigenvalue weighted by atomic mass is 35.5. The van der Waals surface area contributed by atoms with Gasteiger partial charge in [-0.3, -0.25) is 0 Å². The summed E-state index contributed by atoms with van der Waals surface area (Å²) >= 11 is 5.55. The van der Waals surface area contributed by atoms with Crippen molar-refractivity contribution in [1.29, 1.82) is 0 Å². The normalized spacial score (nSPS) is 8.93. The summed E-state index contributed by atoms with van der Waals surface area (Å²) in [6, 6.07) is 6.34. The number of rotatable bonds is 2. The zero-order valence-electron chi connectivity index (χ0n) is 7.47. The second kappa shape index (κ2) is 7.79. The van der Waals surface area contributed by atoms with Crippen molar-refractivity contribution in [3.63, 3.8) is 0 Å². The average Bonchev–Trinajstić information content (AvgIpc) is 2.19. The molecule has 4 N–H and O–H groups in total. The fourth-order valence-corrected chi connectivity index (χ4v) is 0.761. The molecule has 0 bridgehead atoms. The number of aliphatic hydroxyl groups excluding tert-OH is 2. The highest BCUT2D eigenvalue weighted by Crippen LogP contribution is 2.03. The summed E-state index contributed by atoms with van der Waals surface area (Å²) in [5.74, 6) is 0. The van der Waals surface area contributed by atoms with Crippen LogP contribution in [0.25, 0.3) is 0 Å². The van der Waals surface area contributed by atoms with Crippen LogP contribution < -0.4 is 5.46 Å². The summed E-state index contributed by atoms with van der Waals surface area (Å²) in [6.45, 7) is -0.250. The van der Waals surface area contributed by atoms with Gasteiger partial charge in [0.2, 0.25) is 0 Å². The van der Waals surface area contributed by atoms with E-state index in [0.717, 1.165) is 0 Å². The molecule has 1 rings (SSSR count). The molecule has 0 aliphatic carbocycles. The molecule has 0 aromatic heterocycles. The summed E-state index contributed by atoms with van der Waals surface area (Å²) in [4.78, 5) is 0. The van der Waals surface area contributed by atoms with E-state index in [1.165, 1.54) is 0 Å². The van der Waals surface area contributed by atoms with E-state index < -0.39 is 7.12 Å². The van der Waals surface area contributed by atoms with Crippen molar-refractivity contribution in [2.24, 2.45) is 0 Å². The Labute approximate surface area is 87.5 Å². The van der Waals surface area contributed by atoms with Crippen molar-refractivity contribution in [3.05, 3.63) is 29.3 Å². The first-order valence-electron chi connectivity index (χ1n) is 3.95. The van der Waals surface area contributed by atoms with Crippen molar-refractivity contribution in [3.8, 4) is 0 Å². The molecule has 0 radical (unpaired) electrons. The maximum absolute atomic E-state index is 8.63. The Morgan fingerprint density at radius 2 is 1.43 bits per heavy atom. The number of hydrogen-bond acceptors (Lipinski definition) is 4. The molecule has 0 spiro atoms. The van der Waals surface area contributed by atoms with Crippen LogP contribution in [0.5, 0.6) is 0 Å². The van der Waals surface area contributed by atoms with Crippen molar-refractivity contribution >= 4 is 24.2 Å². The molecule has 0 aliphatic rings. The zero-order chi connectivity index (χ0) is 11.0. The topological polar surface area (TPSA) is 80.9 Å². The Bertz CT molecular complexity index is 238. The van der Waals surface area contributed by atoms with Gasteiger partial charge in [-0.05, 0) is 17.6 Å². The molecule has 0 fully saturated rings. The van der Waals surface area contributed by atoms with Crippen molar-refractivity contribution in [2.75, 3.05) is 13.2 Å². The molecule has 0 aliphatic heterocycles. The molecular formula is C8H12BClO4. The van der Waals surface area contributed by atoms with Gasteiger partial charge in [0.15, 0.2) is 0 Å². The second-order valence-electron chi connectivity index (χ2n) is 2.37. The van der Waals surface area contributed by atoms with E-state index in [9.17, 15) is 0 Å². The molecule has 0 atom stereocenters. The van der Waals surface area contributed by atoms with Crippen LogP contribution in [0, 0.1) is 0 Å². The molecule has 0 amide bonds. The Kier molecular flexibility index (Phi) is 7.46. The lowest BCUT2D eigenvalue weighted by Crippen LogP contribution is -2.29. The maximum atomic E-state index is 8.63. The fraction of sp³-hybridized carbons (Fsp3) is 0.250. The number of aliphatic hydroxyl groups is 2. The minimum atomic E-state index is -1.41. The Hall–Kier alpha value is -0.585. The summed E-state index contributed by atoms with van der Waals surface area (Å²) < 4.78 is 0. The third-order valence-electron chi connectivity index (χ3n) is 1.27. The molecular weight excluding hydrogens is 206 g/mol. The van der Waals surface area contributed by atoms with Crippen LogP contribution >= 0.6 is 11.6 Å². The van der Waals surface area contributed by atoms with Gasteiger partial charge in [0.05, 0.1) is 13.2 Å². The van der Waals surface area contributed by atoms with Crippen LogP contribution in [-0.2, 0) is 0 Å². The van der Waals surface area contributed by atoms with Crippen LogP contribution in [0.15, 0.2) is 24.3 Å². The smallest absolute Gasteiger partial charge is 0.423 e. The second-order valence-corrected chi connectivity index (χ2v) is 2.81. The third-order valence-corrected chi connectivity index (χ3v) is 1.52. The van der Waals surface area contributed by atoms with Gasteiger partial charge >= 0.3 is 7.12 Å². The van der Waals surface area contributed by atoms with E-state index in [2.05, 4.69) is 0 Å². The lowest BCUT2D eigenvalue weighted by atomic mass is 9.81.